The van der Waals surface area contributed by atoms with E-state index in [-0.39, 0.29) is 0 Å². The molecule has 2 atom stereocenters. The molecule has 0 radical (unpaired) electrons. The van der Waals surface area contributed by atoms with Crippen molar-refractivity contribution in [2.24, 2.45) is 5.92 Å². The third kappa shape index (κ3) is 2.38. The number of likely N-dealkylation sites (tertiary alicyclic amines) is 1. The summed E-state index contributed by atoms with van der Waals surface area (Å²) in [5, 5.41) is 0.413. The van der Waals surface area contributed by atoms with Gasteiger partial charge in [-0.05, 0) is 32.2 Å². The van der Waals surface area contributed by atoms with E-state index in [1.54, 1.807) is 0 Å². The minimum atomic E-state index is 0.413. The van der Waals surface area contributed by atoms with Crippen LogP contribution in [0, 0.1) is 5.92 Å². The molecule has 2 aliphatic rings. The molecule has 1 aliphatic heterocycles. The van der Waals surface area contributed by atoms with Gasteiger partial charge in [0.1, 0.15) is 0 Å². The second-order valence-electron chi connectivity index (χ2n) is 4.76. The highest BCUT2D eigenvalue weighted by Gasteiger charge is 2.28. The summed E-state index contributed by atoms with van der Waals surface area (Å²) in [6.07, 6.45) is 7.03. The molecule has 0 N–H and O–H groups in total. The predicted molar refractivity (Wildman–Crippen MR) is 57.3 cm³/mol. The smallest absolute Gasteiger partial charge is 0.0478 e. The van der Waals surface area contributed by atoms with Crippen molar-refractivity contribution in [3.63, 3.8) is 0 Å². The lowest BCUT2D eigenvalue weighted by atomic mass is 9.83. The predicted octanol–water partition coefficient (Wildman–Crippen LogP) is 2.88. The van der Waals surface area contributed by atoms with Gasteiger partial charge in [0.15, 0.2) is 0 Å². The zero-order valence-corrected chi connectivity index (χ0v) is 9.26. The molecule has 1 aliphatic carbocycles. The zero-order valence-electron chi connectivity index (χ0n) is 8.51. The SMILES string of the molecule is CC1CC(Cl)CN1CCC1CCC1. The summed E-state index contributed by atoms with van der Waals surface area (Å²) in [6.45, 7) is 4.72. The molecule has 2 rings (SSSR count). The molecule has 13 heavy (non-hydrogen) atoms. The minimum Gasteiger partial charge on any atom is -0.299 e. The summed E-state index contributed by atoms with van der Waals surface area (Å²) >= 11 is 6.12. The van der Waals surface area contributed by atoms with Crippen LogP contribution in [-0.4, -0.2) is 29.4 Å². The Hall–Kier alpha value is 0.250. The Bertz CT molecular complexity index is 167. The lowest BCUT2D eigenvalue weighted by molar-refractivity contribution is 0.210. The largest absolute Gasteiger partial charge is 0.299 e. The molecule has 2 heteroatoms. The van der Waals surface area contributed by atoms with Gasteiger partial charge in [0, 0.05) is 18.0 Å². The Labute approximate surface area is 86.4 Å². The van der Waals surface area contributed by atoms with Gasteiger partial charge in [0.05, 0.1) is 0 Å². The van der Waals surface area contributed by atoms with E-state index in [0.717, 1.165) is 18.5 Å². The second kappa shape index (κ2) is 4.18. The third-order valence-corrected chi connectivity index (χ3v) is 4.02. The van der Waals surface area contributed by atoms with Crippen molar-refractivity contribution in [3.8, 4) is 0 Å². The van der Waals surface area contributed by atoms with Crippen molar-refractivity contribution < 1.29 is 0 Å². The molecular weight excluding hydrogens is 182 g/mol. The maximum Gasteiger partial charge on any atom is 0.0478 e. The fourth-order valence-corrected chi connectivity index (χ4v) is 2.90. The Morgan fingerprint density at radius 1 is 1.38 bits per heavy atom. The number of nitrogens with zero attached hydrogens (tertiary/aromatic N) is 1. The molecule has 76 valence electrons. The second-order valence-corrected chi connectivity index (χ2v) is 5.38. The van der Waals surface area contributed by atoms with Crippen molar-refractivity contribution in [2.45, 2.75) is 50.4 Å². The quantitative estimate of drug-likeness (QED) is 0.635. The molecule has 1 saturated heterocycles. The zero-order chi connectivity index (χ0) is 9.26. The molecule has 2 unspecified atom stereocenters. The average molecular weight is 202 g/mol. The van der Waals surface area contributed by atoms with Crippen LogP contribution in [0.5, 0.6) is 0 Å². The van der Waals surface area contributed by atoms with E-state index in [1.165, 1.54) is 38.6 Å². The van der Waals surface area contributed by atoms with Gasteiger partial charge in [0.25, 0.3) is 0 Å². The van der Waals surface area contributed by atoms with E-state index in [2.05, 4.69) is 11.8 Å². The summed E-state index contributed by atoms with van der Waals surface area (Å²) < 4.78 is 0. The highest BCUT2D eigenvalue weighted by Crippen LogP contribution is 2.31. The van der Waals surface area contributed by atoms with Crippen molar-refractivity contribution in [1.29, 1.82) is 0 Å². The summed E-state index contributed by atoms with van der Waals surface area (Å²) in [4.78, 5) is 2.57. The number of rotatable bonds is 3. The third-order valence-electron chi connectivity index (χ3n) is 3.70. The molecule has 0 amide bonds. The van der Waals surface area contributed by atoms with Crippen molar-refractivity contribution >= 4 is 11.6 Å². The molecule has 0 bridgehead atoms. The molecule has 0 aromatic heterocycles. The normalized spacial score (nSPS) is 36.5. The van der Waals surface area contributed by atoms with Gasteiger partial charge in [0.2, 0.25) is 0 Å². The van der Waals surface area contributed by atoms with Gasteiger partial charge >= 0.3 is 0 Å². The van der Waals surface area contributed by atoms with Crippen LogP contribution in [-0.2, 0) is 0 Å². The van der Waals surface area contributed by atoms with E-state index < -0.39 is 0 Å². The molecular formula is C11H20ClN. The summed E-state index contributed by atoms with van der Waals surface area (Å²) in [6, 6.07) is 0.725. The van der Waals surface area contributed by atoms with Gasteiger partial charge in [-0.2, -0.15) is 0 Å². The first-order valence-corrected chi connectivity index (χ1v) is 6.07. The fourth-order valence-electron chi connectivity index (χ4n) is 2.47. The Balaban J connectivity index is 1.68. The number of hydrogen-bond acceptors (Lipinski definition) is 1. The van der Waals surface area contributed by atoms with E-state index in [9.17, 15) is 0 Å². The highest BCUT2D eigenvalue weighted by atomic mass is 35.5. The molecule has 2 fully saturated rings. The van der Waals surface area contributed by atoms with Gasteiger partial charge in [-0.1, -0.05) is 19.3 Å². The van der Waals surface area contributed by atoms with Crippen LogP contribution in [0.25, 0.3) is 0 Å². The van der Waals surface area contributed by atoms with Gasteiger partial charge < -0.3 is 0 Å². The molecule has 0 aromatic carbocycles. The molecule has 1 nitrogen and oxygen atoms in total. The maximum absolute atomic E-state index is 6.12. The van der Waals surface area contributed by atoms with E-state index >= 15 is 0 Å². The lowest BCUT2D eigenvalue weighted by Crippen LogP contribution is -2.30. The van der Waals surface area contributed by atoms with Crippen LogP contribution >= 0.6 is 11.6 Å². The van der Waals surface area contributed by atoms with Gasteiger partial charge in [-0.3, -0.25) is 4.90 Å². The van der Waals surface area contributed by atoms with Crippen LogP contribution in [0.1, 0.15) is 39.0 Å². The summed E-state index contributed by atoms with van der Waals surface area (Å²) in [5.41, 5.74) is 0. The first-order valence-electron chi connectivity index (χ1n) is 5.64. The van der Waals surface area contributed by atoms with Crippen LogP contribution in [0.4, 0.5) is 0 Å². The fraction of sp³-hybridized carbons (Fsp3) is 1.00. The Morgan fingerprint density at radius 3 is 2.62 bits per heavy atom. The van der Waals surface area contributed by atoms with Crippen LogP contribution in [0.3, 0.4) is 0 Å². The van der Waals surface area contributed by atoms with Crippen LogP contribution in [0.15, 0.2) is 0 Å². The summed E-state index contributed by atoms with van der Waals surface area (Å²) in [5.74, 6) is 1.04. The lowest BCUT2D eigenvalue weighted by Gasteiger charge is -2.29. The number of hydrogen-bond donors (Lipinski definition) is 0. The molecule has 1 heterocycles. The van der Waals surface area contributed by atoms with Gasteiger partial charge in [-0.25, -0.2) is 0 Å². The van der Waals surface area contributed by atoms with Crippen molar-refractivity contribution in [1.82, 2.24) is 4.90 Å². The van der Waals surface area contributed by atoms with E-state index in [1.807, 2.05) is 0 Å². The Morgan fingerprint density at radius 2 is 2.15 bits per heavy atom. The maximum atomic E-state index is 6.12. The number of halogens is 1. The van der Waals surface area contributed by atoms with E-state index in [4.69, 9.17) is 11.6 Å². The number of alkyl halides is 1. The van der Waals surface area contributed by atoms with Gasteiger partial charge in [-0.15, -0.1) is 11.6 Å². The Kier molecular flexibility index (Phi) is 3.15. The van der Waals surface area contributed by atoms with Crippen molar-refractivity contribution in [2.75, 3.05) is 13.1 Å². The molecule has 1 saturated carbocycles. The standard InChI is InChI=1S/C11H20ClN/c1-9-7-11(12)8-13(9)6-5-10-3-2-4-10/h9-11H,2-8H2,1H3. The van der Waals surface area contributed by atoms with Crippen LogP contribution in [0.2, 0.25) is 0 Å². The molecule has 0 spiro atoms. The van der Waals surface area contributed by atoms with Crippen LogP contribution < -0.4 is 0 Å². The average Bonchev–Trinajstić information content (AvgIpc) is 2.27. The van der Waals surface area contributed by atoms with E-state index in [0.29, 0.717) is 5.38 Å². The monoisotopic (exact) mass is 201 g/mol. The first-order chi connectivity index (χ1) is 6.25. The van der Waals surface area contributed by atoms with Crippen molar-refractivity contribution in [3.05, 3.63) is 0 Å². The minimum absolute atomic E-state index is 0.413. The molecule has 0 aromatic rings. The first kappa shape index (κ1) is 9.79. The summed E-state index contributed by atoms with van der Waals surface area (Å²) in [7, 11) is 0. The topological polar surface area (TPSA) is 3.24 Å². The highest BCUT2D eigenvalue weighted by molar-refractivity contribution is 6.21.